The number of nitrogens with one attached hydrogen (secondary N) is 2. The maximum Gasteiger partial charge on any atom is 0.252 e. The smallest absolute Gasteiger partial charge is 0.252 e. The molecule has 7 nitrogen and oxygen atoms in total. The summed E-state index contributed by atoms with van der Waals surface area (Å²) in [6.45, 7) is -0.00577. The number of nitrogens with zero attached hydrogens (tertiary/aromatic N) is 2. The Kier molecular flexibility index (Phi) is 7.59. The molecule has 3 N–H and O–H groups in total. The van der Waals surface area contributed by atoms with Crippen LogP contribution in [-0.4, -0.2) is 52.1 Å². The van der Waals surface area contributed by atoms with Crippen LogP contribution in [0.5, 0.6) is 0 Å². The van der Waals surface area contributed by atoms with Crippen LogP contribution in [-0.2, 0) is 11.2 Å². The molecule has 0 fully saturated rings. The molecular formula is C26H24F2N4O3. The lowest BCUT2D eigenvalue weighted by molar-refractivity contribution is 0.0369. The number of aromatic amines is 1. The molecule has 0 aliphatic heterocycles. The van der Waals surface area contributed by atoms with Crippen molar-refractivity contribution in [1.82, 2.24) is 20.5 Å². The molecule has 0 bridgehead atoms. The van der Waals surface area contributed by atoms with E-state index in [2.05, 4.69) is 20.5 Å². The van der Waals surface area contributed by atoms with Gasteiger partial charge in [-0.25, -0.2) is 8.78 Å². The van der Waals surface area contributed by atoms with Crippen LogP contribution in [0.1, 0.15) is 16.1 Å². The number of hydrogen-bond acceptors (Lipinski definition) is 5. The van der Waals surface area contributed by atoms with Gasteiger partial charge in [0.1, 0.15) is 11.6 Å². The van der Waals surface area contributed by atoms with Gasteiger partial charge in [-0.1, -0.05) is 12.1 Å². The van der Waals surface area contributed by atoms with Crippen LogP contribution in [0.2, 0.25) is 0 Å². The first-order valence-electron chi connectivity index (χ1n) is 10.9. The average Bonchev–Trinajstić information content (AvgIpc) is 3.34. The lowest BCUT2D eigenvalue weighted by Crippen LogP contribution is -2.47. The summed E-state index contributed by atoms with van der Waals surface area (Å²) in [5.41, 5.74) is 2.14. The van der Waals surface area contributed by atoms with E-state index < -0.39 is 23.9 Å². The number of ether oxygens (including phenoxy) is 1. The van der Waals surface area contributed by atoms with Crippen LogP contribution in [0.4, 0.5) is 8.78 Å². The Morgan fingerprint density at radius 1 is 1.11 bits per heavy atom. The number of rotatable bonds is 9. The average molecular weight is 478 g/mol. The van der Waals surface area contributed by atoms with Crippen molar-refractivity contribution in [3.8, 4) is 22.5 Å². The van der Waals surface area contributed by atoms with Crippen molar-refractivity contribution < 1.29 is 23.4 Å². The number of aliphatic hydroxyl groups excluding tert-OH is 1. The lowest BCUT2D eigenvalue weighted by Gasteiger charge is -2.24. The van der Waals surface area contributed by atoms with Crippen LogP contribution in [0, 0.1) is 11.6 Å². The van der Waals surface area contributed by atoms with E-state index in [-0.39, 0.29) is 35.7 Å². The molecule has 0 saturated heterocycles. The number of amides is 1. The monoisotopic (exact) mass is 478 g/mol. The number of benzene rings is 2. The summed E-state index contributed by atoms with van der Waals surface area (Å²) >= 11 is 0. The van der Waals surface area contributed by atoms with Gasteiger partial charge in [0.2, 0.25) is 0 Å². The van der Waals surface area contributed by atoms with Crippen LogP contribution in [0.15, 0.2) is 72.9 Å². The Balaban J connectivity index is 1.63. The second-order valence-electron chi connectivity index (χ2n) is 7.96. The maximum absolute atomic E-state index is 15.0. The number of carbonyl (C=O) groups is 1. The van der Waals surface area contributed by atoms with Crippen molar-refractivity contribution in [3.05, 3.63) is 95.8 Å². The SMILES string of the molecule is COC[C@@H](O)[C@@H](Cc1ccccn1)NC(=O)c1cccc(F)c1-c1cc(-c2ccc(F)cc2)[nH]n1. The van der Waals surface area contributed by atoms with Crippen molar-refractivity contribution in [2.45, 2.75) is 18.6 Å². The molecule has 2 heterocycles. The summed E-state index contributed by atoms with van der Waals surface area (Å²) in [6, 6.07) is 16.1. The second-order valence-corrected chi connectivity index (χ2v) is 7.96. The molecule has 9 heteroatoms. The minimum atomic E-state index is -1.02. The van der Waals surface area contributed by atoms with Crippen LogP contribution in [0.3, 0.4) is 0 Å². The number of hydrogen-bond donors (Lipinski definition) is 3. The number of methoxy groups -OCH3 is 1. The van der Waals surface area contributed by atoms with Gasteiger partial charge in [-0.15, -0.1) is 0 Å². The molecule has 2 aromatic heterocycles. The van der Waals surface area contributed by atoms with E-state index in [1.165, 1.54) is 37.4 Å². The topological polar surface area (TPSA) is 100 Å². The van der Waals surface area contributed by atoms with Crippen LogP contribution >= 0.6 is 0 Å². The van der Waals surface area contributed by atoms with Crippen LogP contribution < -0.4 is 5.32 Å². The van der Waals surface area contributed by atoms with E-state index in [9.17, 15) is 18.7 Å². The van der Waals surface area contributed by atoms with E-state index in [1.54, 1.807) is 36.5 Å². The first-order valence-corrected chi connectivity index (χ1v) is 10.9. The van der Waals surface area contributed by atoms with Gasteiger partial charge >= 0.3 is 0 Å². The summed E-state index contributed by atoms with van der Waals surface area (Å²) in [5, 5.41) is 20.4. The molecule has 0 aliphatic rings. The Hall–Kier alpha value is -3.95. The highest BCUT2D eigenvalue weighted by molar-refractivity contribution is 6.01. The Labute approximate surface area is 200 Å². The predicted octanol–water partition coefficient (Wildman–Crippen LogP) is 3.77. The van der Waals surface area contributed by atoms with E-state index in [1.807, 2.05) is 6.07 Å². The number of halogens is 2. The van der Waals surface area contributed by atoms with E-state index >= 15 is 0 Å². The van der Waals surface area contributed by atoms with Crippen molar-refractivity contribution in [3.63, 3.8) is 0 Å². The largest absolute Gasteiger partial charge is 0.389 e. The highest BCUT2D eigenvalue weighted by Gasteiger charge is 2.26. The minimum absolute atomic E-state index is 0.00577. The van der Waals surface area contributed by atoms with Crippen molar-refractivity contribution >= 4 is 5.91 Å². The summed E-state index contributed by atoms with van der Waals surface area (Å²) in [7, 11) is 1.45. The molecule has 35 heavy (non-hydrogen) atoms. The molecule has 4 aromatic rings. The van der Waals surface area contributed by atoms with Crippen molar-refractivity contribution in [1.29, 1.82) is 0 Å². The quantitative estimate of drug-likeness (QED) is 0.340. The molecule has 4 rings (SSSR count). The first-order chi connectivity index (χ1) is 17.0. The molecule has 0 radical (unpaired) electrons. The zero-order chi connectivity index (χ0) is 24.8. The number of H-pyrrole nitrogens is 1. The van der Waals surface area contributed by atoms with E-state index in [4.69, 9.17) is 4.74 Å². The standard InChI is InChI=1S/C26H24F2N4O3/c1-35-15-24(33)22(13-18-5-2-3-12-29-18)30-26(34)19-6-4-7-20(28)25(19)23-14-21(31-32-23)16-8-10-17(27)11-9-16/h2-12,14,22,24,33H,13,15H2,1H3,(H,30,34)(H,31,32)/t22-,24-/m1/s1. The Morgan fingerprint density at radius 2 is 1.91 bits per heavy atom. The third-order valence-corrected chi connectivity index (χ3v) is 5.52. The fraction of sp³-hybridized carbons (Fsp3) is 0.192. The molecule has 0 spiro atoms. The zero-order valence-electron chi connectivity index (χ0n) is 18.9. The van der Waals surface area contributed by atoms with Gasteiger partial charge in [-0.05, 0) is 60.2 Å². The molecule has 0 unspecified atom stereocenters. The van der Waals surface area contributed by atoms with Gasteiger partial charge < -0.3 is 15.2 Å². The normalized spacial score (nSPS) is 12.8. The lowest BCUT2D eigenvalue weighted by atomic mass is 10.00. The third-order valence-electron chi connectivity index (χ3n) is 5.52. The molecule has 2 aromatic carbocycles. The summed E-state index contributed by atoms with van der Waals surface area (Å²) in [6.07, 6.45) is 0.856. The molecule has 180 valence electrons. The van der Waals surface area contributed by atoms with E-state index in [0.717, 1.165) is 0 Å². The first kappa shape index (κ1) is 24.2. The van der Waals surface area contributed by atoms with Gasteiger partial charge in [-0.2, -0.15) is 5.10 Å². The predicted molar refractivity (Wildman–Crippen MR) is 126 cm³/mol. The molecular weight excluding hydrogens is 454 g/mol. The van der Waals surface area contributed by atoms with Gasteiger partial charge in [0.05, 0.1) is 41.3 Å². The summed E-state index contributed by atoms with van der Waals surface area (Å²) < 4.78 is 33.3. The summed E-state index contributed by atoms with van der Waals surface area (Å²) in [4.78, 5) is 17.5. The Bertz CT molecular complexity index is 1280. The number of carbonyl (C=O) groups excluding carboxylic acids is 1. The highest BCUT2D eigenvalue weighted by atomic mass is 19.1. The van der Waals surface area contributed by atoms with Gasteiger partial charge in [0.25, 0.3) is 5.91 Å². The molecule has 0 saturated carbocycles. The molecule has 2 atom stereocenters. The zero-order valence-corrected chi connectivity index (χ0v) is 18.9. The van der Waals surface area contributed by atoms with Crippen LogP contribution in [0.25, 0.3) is 22.5 Å². The van der Waals surface area contributed by atoms with Crippen molar-refractivity contribution in [2.24, 2.45) is 0 Å². The second kappa shape index (κ2) is 11.0. The number of aliphatic hydroxyl groups is 1. The van der Waals surface area contributed by atoms with Crippen molar-refractivity contribution in [2.75, 3.05) is 13.7 Å². The molecule has 0 aliphatic carbocycles. The number of aromatic nitrogens is 3. The maximum atomic E-state index is 15.0. The highest BCUT2D eigenvalue weighted by Crippen LogP contribution is 2.29. The fourth-order valence-electron chi connectivity index (χ4n) is 3.76. The fourth-order valence-corrected chi connectivity index (χ4v) is 3.76. The van der Waals surface area contributed by atoms with Gasteiger partial charge in [-0.3, -0.25) is 14.9 Å². The van der Waals surface area contributed by atoms with E-state index in [0.29, 0.717) is 17.0 Å². The molecule has 1 amide bonds. The Morgan fingerprint density at radius 3 is 2.63 bits per heavy atom. The number of pyridine rings is 1. The van der Waals surface area contributed by atoms with Gasteiger partial charge in [0, 0.05) is 25.4 Å². The minimum Gasteiger partial charge on any atom is -0.389 e. The third kappa shape index (κ3) is 5.76. The summed E-state index contributed by atoms with van der Waals surface area (Å²) in [5.74, 6) is -1.59. The van der Waals surface area contributed by atoms with Gasteiger partial charge in [0.15, 0.2) is 0 Å².